The molecule has 1 aromatic heterocycles. The number of carbonyl (C=O) groups excluding carboxylic acids is 1. The van der Waals surface area contributed by atoms with Gasteiger partial charge in [0.25, 0.3) is 5.56 Å². The molecular weight excluding hydrogens is 488 g/mol. The molecule has 0 aromatic carbocycles. The topological polar surface area (TPSA) is 142 Å². The monoisotopic (exact) mass is 522 g/mol. The zero-order valence-corrected chi connectivity index (χ0v) is 21.5. The summed E-state index contributed by atoms with van der Waals surface area (Å²) in [4.78, 5) is 39.7. The van der Waals surface area contributed by atoms with E-state index in [0.717, 1.165) is 42.2 Å². The molecule has 4 N–H and O–H groups in total. The quantitative estimate of drug-likeness (QED) is 0.429. The lowest BCUT2D eigenvalue weighted by molar-refractivity contribution is -0.129. The van der Waals surface area contributed by atoms with Gasteiger partial charge in [-0.2, -0.15) is 0 Å². The van der Waals surface area contributed by atoms with E-state index in [-0.39, 0.29) is 24.0 Å². The van der Waals surface area contributed by atoms with Crippen molar-refractivity contribution in [2.45, 2.75) is 82.3 Å². The number of fused-ring (bicyclic) bond motifs is 5. The first-order valence-corrected chi connectivity index (χ1v) is 13.6. The normalized spacial score (nSPS) is 39.8. The summed E-state index contributed by atoms with van der Waals surface area (Å²) in [6, 6.07) is 0. The second kappa shape index (κ2) is 9.16. The summed E-state index contributed by atoms with van der Waals surface area (Å²) in [5, 5.41) is 30.7. The van der Waals surface area contributed by atoms with Crippen LogP contribution in [0.15, 0.2) is 39.1 Å². The first-order chi connectivity index (χ1) is 18.1. The lowest BCUT2D eigenvalue weighted by Gasteiger charge is -2.50. The van der Waals surface area contributed by atoms with Gasteiger partial charge in [0, 0.05) is 30.9 Å². The van der Waals surface area contributed by atoms with E-state index < -0.39 is 35.3 Å². The van der Waals surface area contributed by atoms with Gasteiger partial charge in [-0.1, -0.05) is 24.8 Å². The molecule has 6 rings (SSSR count). The van der Waals surface area contributed by atoms with E-state index in [9.17, 15) is 29.7 Å². The molecule has 0 bridgehead atoms. The standard InChI is InChI=1S/C29H34N2O7/c1-28-9-7-19-18-8-11-29(37,13-16(18)2-3-20(19)21(28)4-5-24(28)34)10-6-17-14-31(27(36)30-26(17)35)25-12-22(33)23(15-32)38-25/h8,13-14,19-23,25,32-33,37H,2-5,7,9,11-12,15H2,1H3,(H,30,35,36)/t19-,20-,21+,22+,23-,25-,28+,29?/m1/s1. The summed E-state index contributed by atoms with van der Waals surface area (Å²) in [5.41, 5.74) is -0.594. The van der Waals surface area contributed by atoms with Crippen LogP contribution in [-0.2, 0) is 9.53 Å². The molecule has 9 heteroatoms. The fourth-order valence-corrected chi connectivity index (χ4v) is 7.70. The van der Waals surface area contributed by atoms with Gasteiger partial charge in [0.15, 0.2) is 0 Å². The van der Waals surface area contributed by atoms with Gasteiger partial charge in [-0.05, 0) is 67.1 Å². The highest BCUT2D eigenvalue weighted by atomic mass is 16.5. The molecular formula is C29H34N2O7. The highest BCUT2D eigenvalue weighted by molar-refractivity contribution is 5.87. The molecule has 3 saturated carbocycles. The van der Waals surface area contributed by atoms with Crippen molar-refractivity contribution >= 4 is 5.78 Å². The molecule has 0 amide bonds. The second-order valence-electron chi connectivity index (χ2n) is 11.9. The Kier molecular flexibility index (Phi) is 6.15. The summed E-state index contributed by atoms with van der Waals surface area (Å²) in [7, 11) is 0. The third-order valence-electron chi connectivity index (χ3n) is 9.79. The van der Waals surface area contributed by atoms with Gasteiger partial charge in [0.1, 0.15) is 29.3 Å². The zero-order chi connectivity index (χ0) is 26.8. The van der Waals surface area contributed by atoms with Crippen LogP contribution >= 0.6 is 0 Å². The molecule has 1 aromatic rings. The van der Waals surface area contributed by atoms with Crippen LogP contribution in [0, 0.1) is 35.0 Å². The third-order valence-corrected chi connectivity index (χ3v) is 9.79. The van der Waals surface area contributed by atoms with Crippen molar-refractivity contribution in [2.24, 2.45) is 23.2 Å². The number of carbonyl (C=O) groups is 1. The largest absolute Gasteiger partial charge is 0.394 e. The van der Waals surface area contributed by atoms with E-state index in [1.54, 1.807) is 0 Å². The van der Waals surface area contributed by atoms with Crippen LogP contribution in [0.4, 0.5) is 0 Å². The van der Waals surface area contributed by atoms with Crippen molar-refractivity contribution < 1.29 is 24.9 Å². The van der Waals surface area contributed by atoms with Crippen LogP contribution in [-0.4, -0.2) is 55.1 Å². The lowest BCUT2D eigenvalue weighted by Crippen LogP contribution is -2.44. The molecule has 4 fully saturated rings. The van der Waals surface area contributed by atoms with Crippen molar-refractivity contribution in [2.75, 3.05) is 6.61 Å². The van der Waals surface area contributed by atoms with Gasteiger partial charge in [-0.25, -0.2) is 4.79 Å². The van der Waals surface area contributed by atoms with Gasteiger partial charge >= 0.3 is 5.69 Å². The van der Waals surface area contributed by atoms with E-state index in [1.807, 2.05) is 6.08 Å². The molecule has 8 atom stereocenters. The number of nitrogens with zero attached hydrogens (tertiary/aromatic N) is 1. The number of Topliss-reactive ketones (excluding diaryl/α,β-unsaturated/α-hetero) is 1. The summed E-state index contributed by atoms with van der Waals surface area (Å²) in [5.74, 6) is 7.39. The Balaban J connectivity index is 1.23. The number of ketones is 1. The van der Waals surface area contributed by atoms with Crippen molar-refractivity contribution in [1.82, 2.24) is 9.55 Å². The number of hydrogen-bond donors (Lipinski definition) is 4. The molecule has 38 heavy (non-hydrogen) atoms. The van der Waals surface area contributed by atoms with E-state index in [1.165, 1.54) is 11.8 Å². The molecule has 0 radical (unpaired) electrons. The maximum atomic E-state index is 12.6. The van der Waals surface area contributed by atoms with Crippen molar-refractivity contribution in [3.05, 3.63) is 55.9 Å². The Bertz CT molecular complexity index is 1410. The van der Waals surface area contributed by atoms with Crippen LogP contribution < -0.4 is 11.2 Å². The summed E-state index contributed by atoms with van der Waals surface area (Å²) < 4.78 is 6.70. The number of rotatable bonds is 2. The van der Waals surface area contributed by atoms with E-state index in [4.69, 9.17) is 4.74 Å². The molecule has 1 aliphatic heterocycles. The minimum absolute atomic E-state index is 0.00193. The maximum absolute atomic E-state index is 12.6. The van der Waals surface area contributed by atoms with Gasteiger partial charge in [-0.3, -0.25) is 19.1 Å². The minimum Gasteiger partial charge on any atom is -0.394 e. The van der Waals surface area contributed by atoms with E-state index in [2.05, 4.69) is 29.8 Å². The average molecular weight is 523 g/mol. The first kappa shape index (κ1) is 25.5. The molecule has 2 heterocycles. The lowest BCUT2D eigenvalue weighted by atomic mass is 9.54. The number of aromatic amines is 1. The fraction of sp³-hybridized carbons (Fsp3) is 0.621. The second-order valence-corrected chi connectivity index (χ2v) is 11.9. The van der Waals surface area contributed by atoms with Gasteiger partial charge in [0.2, 0.25) is 0 Å². The van der Waals surface area contributed by atoms with Crippen molar-refractivity contribution in [1.29, 1.82) is 0 Å². The Labute approximate surface area is 220 Å². The fourth-order valence-electron chi connectivity index (χ4n) is 7.70. The molecule has 1 saturated heterocycles. The molecule has 5 aliphatic rings. The maximum Gasteiger partial charge on any atom is 0.330 e. The summed E-state index contributed by atoms with van der Waals surface area (Å²) >= 11 is 0. The van der Waals surface area contributed by atoms with E-state index in [0.29, 0.717) is 36.4 Å². The smallest absolute Gasteiger partial charge is 0.330 e. The zero-order valence-electron chi connectivity index (χ0n) is 21.5. The Morgan fingerprint density at radius 1 is 1.21 bits per heavy atom. The number of nitrogens with one attached hydrogen (secondary N) is 1. The summed E-state index contributed by atoms with van der Waals surface area (Å²) in [6.07, 6.45) is 8.41. The first-order valence-electron chi connectivity index (χ1n) is 13.6. The van der Waals surface area contributed by atoms with Crippen LogP contribution in [0.3, 0.4) is 0 Å². The van der Waals surface area contributed by atoms with Crippen LogP contribution in [0.1, 0.15) is 70.1 Å². The molecule has 4 aliphatic carbocycles. The Morgan fingerprint density at radius 2 is 2.03 bits per heavy atom. The molecule has 1 unspecified atom stereocenters. The summed E-state index contributed by atoms with van der Waals surface area (Å²) in [6.45, 7) is 1.77. The average Bonchev–Trinajstić information content (AvgIpc) is 3.41. The van der Waals surface area contributed by atoms with Gasteiger partial charge < -0.3 is 20.1 Å². The minimum atomic E-state index is -1.44. The molecule has 9 nitrogen and oxygen atoms in total. The predicted octanol–water partition coefficient (Wildman–Crippen LogP) is 1.32. The number of aromatic nitrogens is 2. The number of H-pyrrole nitrogens is 1. The predicted molar refractivity (Wildman–Crippen MR) is 137 cm³/mol. The van der Waals surface area contributed by atoms with Crippen molar-refractivity contribution in [3.63, 3.8) is 0 Å². The number of hydrogen-bond acceptors (Lipinski definition) is 7. The van der Waals surface area contributed by atoms with Gasteiger partial charge in [0.05, 0.1) is 12.7 Å². The number of ether oxygens (including phenoxy) is 1. The number of aliphatic hydroxyl groups is 3. The van der Waals surface area contributed by atoms with E-state index >= 15 is 0 Å². The van der Waals surface area contributed by atoms with Crippen molar-refractivity contribution in [3.8, 4) is 11.8 Å². The van der Waals surface area contributed by atoms with Crippen LogP contribution in [0.25, 0.3) is 0 Å². The van der Waals surface area contributed by atoms with Crippen LogP contribution in [0.2, 0.25) is 0 Å². The van der Waals surface area contributed by atoms with Crippen LogP contribution in [0.5, 0.6) is 0 Å². The Morgan fingerprint density at radius 3 is 2.79 bits per heavy atom. The number of aliphatic hydroxyl groups excluding tert-OH is 2. The third kappa shape index (κ3) is 4.06. The highest BCUT2D eigenvalue weighted by Crippen LogP contribution is 2.60. The molecule has 0 spiro atoms. The highest BCUT2D eigenvalue weighted by Gasteiger charge is 2.55. The van der Waals surface area contributed by atoms with Gasteiger partial charge in [-0.15, -0.1) is 0 Å². The number of allylic oxidation sites excluding steroid dienone is 2. The molecule has 202 valence electrons. The SMILES string of the molecule is C[C@]12CC[C@@H]3C4=CCC(O)(C#Cc5cn([C@H]6C[C@H](O)[C@@H](CO)O6)c(=O)[nH]c5=O)C=C4CC[C@H]3[C@@H]1CCC2=O. The Hall–Kier alpha value is -2.77.